The van der Waals surface area contributed by atoms with Crippen molar-refractivity contribution >= 4 is 5.96 Å². The van der Waals surface area contributed by atoms with E-state index in [0.717, 1.165) is 44.6 Å². The average molecular weight is 345 g/mol. The second kappa shape index (κ2) is 8.09. The molecule has 2 aliphatic heterocycles. The van der Waals surface area contributed by atoms with Crippen molar-refractivity contribution in [3.63, 3.8) is 0 Å². The Labute approximate surface area is 151 Å². The van der Waals surface area contributed by atoms with E-state index in [1.54, 1.807) is 0 Å². The molecule has 5 nitrogen and oxygen atoms in total. The zero-order valence-electron chi connectivity index (χ0n) is 15.8. The van der Waals surface area contributed by atoms with Crippen LogP contribution in [0.5, 0.6) is 5.75 Å². The molecule has 1 spiro atoms. The van der Waals surface area contributed by atoms with Gasteiger partial charge < -0.3 is 19.7 Å². The second-order valence-electron chi connectivity index (χ2n) is 7.41. The van der Waals surface area contributed by atoms with E-state index in [4.69, 9.17) is 14.5 Å². The number of guanidine groups is 1. The summed E-state index contributed by atoms with van der Waals surface area (Å²) in [6.07, 6.45) is 2.42. The van der Waals surface area contributed by atoms with Crippen molar-refractivity contribution in [2.75, 3.05) is 39.4 Å². The fourth-order valence-electron chi connectivity index (χ4n) is 3.61. The molecule has 1 N–H and O–H groups in total. The van der Waals surface area contributed by atoms with Crippen LogP contribution in [0.2, 0.25) is 0 Å². The summed E-state index contributed by atoms with van der Waals surface area (Å²) in [5.74, 6) is 1.91. The van der Waals surface area contributed by atoms with E-state index in [-0.39, 0.29) is 6.10 Å². The van der Waals surface area contributed by atoms with Crippen LogP contribution >= 0.6 is 0 Å². The third kappa shape index (κ3) is 4.66. The largest absolute Gasteiger partial charge is 0.489 e. The van der Waals surface area contributed by atoms with Gasteiger partial charge in [-0.15, -0.1) is 0 Å². The number of ether oxygens (including phenoxy) is 2. The molecule has 3 rings (SSSR count). The van der Waals surface area contributed by atoms with Crippen LogP contribution < -0.4 is 10.1 Å². The van der Waals surface area contributed by atoms with E-state index in [1.807, 2.05) is 12.1 Å². The number of likely N-dealkylation sites (tertiary alicyclic amines) is 1. The van der Waals surface area contributed by atoms with E-state index in [0.29, 0.717) is 12.0 Å². The zero-order valence-corrected chi connectivity index (χ0v) is 15.8. The summed E-state index contributed by atoms with van der Waals surface area (Å²) in [5, 5.41) is 3.44. The van der Waals surface area contributed by atoms with Crippen molar-refractivity contribution in [1.82, 2.24) is 10.2 Å². The lowest BCUT2D eigenvalue weighted by molar-refractivity contribution is 0.156. The Morgan fingerprint density at radius 3 is 2.84 bits per heavy atom. The van der Waals surface area contributed by atoms with Crippen LogP contribution in [0.3, 0.4) is 0 Å². The molecule has 1 aromatic carbocycles. The molecular formula is C20H31N3O2. The molecule has 0 aliphatic carbocycles. The lowest BCUT2D eigenvalue weighted by Gasteiger charge is -2.25. The van der Waals surface area contributed by atoms with Gasteiger partial charge >= 0.3 is 0 Å². The van der Waals surface area contributed by atoms with Gasteiger partial charge in [0.2, 0.25) is 0 Å². The van der Waals surface area contributed by atoms with Crippen molar-refractivity contribution in [3.8, 4) is 5.75 Å². The predicted molar refractivity (Wildman–Crippen MR) is 101 cm³/mol. The molecule has 2 aliphatic rings. The Bertz CT molecular complexity index is 579. The number of rotatable bonds is 5. The summed E-state index contributed by atoms with van der Waals surface area (Å²) < 4.78 is 11.6. The second-order valence-corrected chi connectivity index (χ2v) is 7.41. The van der Waals surface area contributed by atoms with Crippen molar-refractivity contribution in [2.24, 2.45) is 10.4 Å². The third-order valence-electron chi connectivity index (χ3n) is 5.11. The summed E-state index contributed by atoms with van der Waals surface area (Å²) in [6, 6.07) is 8.18. The lowest BCUT2D eigenvalue weighted by atomic mass is 9.87. The summed E-state index contributed by atoms with van der Waals surface area (Å²) in [7, 11) is 0. The van der Waals surface area contributed by atoms with Gasteiger partial charge in [-0.25, -0.2) is 4.99 Å². The number of nitrogens with one attached hydrogen (secondary N) is 1. The van der Waals surface area contributed by atoms with Crippen LogP contribution in [0.15, 0.2) is 29.3 Å². The fourth-order valence-corrected chi connectivity index (χ4v) is 3.61. The molecular weight excluding hydrogens is 314 g/mol. The summed E-state index contributed by atoms with van der Waals surface area (Å²) in [4.78, 5) is 7.22. The summed E-state index contributed by atoms with van der Waals surface area (Å²) >= 11 is 0. The normalized spacial score (nSPS) is 24.8. The van der Waals surface area contributed by atoms with Gasteiger partial charge in [-0.2, -0.15) is 0 Å². The maximum absolute atomic E-state index is 5.98. The van der Waals surface area contributed by atoms with Crippen molar-refractivity contribution in [3.05, 3.63) is 29.8 Å². The van der Waals surface area contributed by atoms with E-state index in [1.165, 1.54) is 18.4 Å². The first-order valence-electron chi connectivity index (χ1n) is 9.44. The maximum atomic E-state index is 5.98. The Morgan fingerprint density at radius 2 is 2.16 bits per heavy atom. The molecule has 1 aromatic rings. The van der Waals surface area contributed by atoms with Crippen molar-refractivity contribution in [2.45, 2.75) is 39.7 Å². The minimum atomic E-state index is 0.0442. The highest BCUT2D eigenvalue weighted by Crippen LogP contribution is 2.38. The first-order valence-corrected chi connectivity index (χ1v) is 9.44. The van der Waals surface area contributed by atoms with Gasteiger partial charge in [-0.3, -0.25) is 0 Å². The first kappa shape index (κ1) is 18.1. The van der Waals surface area contributed by atoms with Gasteiger partial charge in [0.1, 0.15) is 11.9 Å². The summed E-state index contributed by atoms with van der Waals surface area (Å²) in [6.45, 7) is 11.7. The third-order valence-corrected chi connectivity index (χ3v) is 5.11. The van der Waals surface area contributed by atoms with Crippen LogP contribution in [0.1, 0.15) is 32.3 Å². The molecule has 138 valence electrons. The fraction of sp³-hybridized carbons (Fsp3) is 0.650. The minimum Gasteiger partial charge on any atom is -0.489 e. The Morgan fingerprint density at radius 1 is 1.36 bits per heavy atom. The quantitative estimate of drug-likeness (QED) is 0.658. The zero-order chi connectivity index (χ0) is 17.7. The molecule has 0 radical (unpaired) electrons. The number of nitrogens with zero attached hydrogens (tertiary/aromatic N) is 2. The smallest absolute Gasteiger partial charge is 0.194 e. The average Bonchev–Trinajstić information content (AvgIpc) is 3.24. The van der Waals surface area contributed by atoms with Gasteiger partial charge in [-0.05, 0) is 45.7 Å². The number of benzene rings is 1. The molecule has 2 atom stereocenters. The van der Waals surface area contributed by atoms with Crippen molar-refractivity contribution < 1.29 is 9.47 Å². The van der Waals surface area contributed by atoms with Gasteiger partial charge in [-0.1, -0.05) is 17.7 Å². The van der Waals surface area contributed by atoms with E-state index in [9.17, 15) is 0 Å². The van der Waals surface area contributed by atoms with Crippen LogP contribution in [0.25, 0.3) is 0 Å². The van der Waals surface area contributed by atoms with E-state index < -0.39 is 0 Å². The Balaban J connectivity index is 1.57. The van der Waals surface area contributed by atoms with Crippen molar-refractivity contribution in [1.29, 1.82) is 0 Å². The monoisotopic (exact) mass is 345 g/mol. The standard InChI is InChI=1S/C20H31N3O2/c1-4-21-19(23-11-9-20(14-23)10-12-24-15-20)22-13-17(3)25-18-7-5-16(2)6-8-18/h5-8,17H,4,9-15H2,1-3H3,(H,21,22). The Kier molecular flexibility index (Phi) is 5.84. The number of hydrogen-bond donors (Lipinski definition) is 1. The molecule has 2 heterocycles. The molecule has 0 saturated carbocycles. The van der Waals surface area contributed by atoms with Gasteiger partial charge in [0.05, 0.1) is 13.2 Å². The molecule has 0 bridgehead atoms. The topological polar surface area (TPSA) is 46.1 Å². The lowest BCUT2D eigenvalue weighted by Crippen LogP contribution is -2.42. The molecule has 2 saturated heterocycles. The van der Waals surface area contributed by atoms with Gasteiger partial charge in [0, 0.05) is 31.7 Å². The van der Waals surface area contributed by atoms with E-state index in [2.05, 4.69) is 43.1 Å². The minimum absolute atomic E-state index is 0.0442. The van der Waals surface area contributed by atoms with Gasteiger partial charge in [0.25, 0.3) is 0 Å². The van der Waals surface area contributed by atoms with Crippen LogP contribution in [-0.2, 0) is 4.74 Å². The summed E-state index contributed by atoms with van der Waals surface area (Å²) in [5.41, 5.74) is 1.59. The highest BCUT2D eigenvalue weighted by molar-refractivity contribution is 5.80. The number of aliphatic imine (C=N–C) groups is 1. The molecule has 5 heteroatoms. The van der Waals surface area contributed by atoms with E-state index >= 15 is 0 Å². The van der Waals surface area contributed by atoms with Crippen LogP contribution in [0, 0.1) is 12.3 Å². The van der Waals surface area contributed by atoms with Crippen LogP contribution in [0.4, 0.5) is 0 Å². The molecule has 0 aromatic heterocycles. The number of hydrogen-bond acceptors (Lipinski definition) is 3. The first-order chi connectivity index (χ1) is 12.1. The van der Waals surface area contributed by atoms with Crippen LogP contribution in [-0.4, -0.2) is 56.4 Å². The highest BCUT2D eigenvalue weighted by atomic mass is 16.5. The highest BCUT2D eigenvalue weighted by Gasteiger charge is 2.42. The molecule has 2 fully saturated rings. The molecule has 2 unspecified atom stereocenters. The van der Waals surface area contributed by atoms with Gasteiger partial charge in [0.15, 0.2) is 5.96 Å². The molecule has 0 amide bonds. The SMILES string of the molecule is CCNC(=NCC(C)Oc1ccc(C)cc1)N1CCC2(CCOC2)C1. The Hall–Kier alpha value is -1.75. The predicted octanol–water partition coefficient (Wildman–Crippen LogP) is 2.84. The molecule has 25 heavy (non-hydrogen) atoms. The number of aryl methyl sites for hydroxylation is 1. The maximum Gasteiger partial charge on any atom is 0.194 e.